The molecule has 2 atom stereocenters. The van der Waals surface area contributed by atoms with E-state index in [1.165, 1.54) is 74.9 Å². The van der Waals surface area contributed by atoms with E-state index in [2.05, 4.69) is 27.7 Å². The molecule has 0 aliphatic carbocycles. The molecule has 2 aromatic heterocycles. The van der Waals surface area contributed by atoms with Crippen LogP contribution in [0.1, 0.15) is 116 Å². The molecule has 0 spiro atoms. The van der Waals surface area contributed by atoms with E-state index in [0.29, 0.717) is 41.5 Å². The summed E-state index contributed by atoms with van der Waals surface area (Å²) in [5, 5.41) is 0. The van der Waals surface area contributed by atoms with Crippen LogP contribution in [0, 0.1) is 0 Å². The first-order valence-electron chi connectivity index (χ1n) is 16.0. The molecule has 0 saturated carbocycles. The Morgan fingerprint density at radius 3 is 1.43 bits per heavy atom. The van der Waals surface area contributed by atoms with Gasteiger partial charge in [0.05, 0.1) is 9.81 Å². The molecule has 2 fully saturated rings. The molecule has 2 unspecified atom stereocenters. The molecular weight excluding hydrogens is 629 g/mol. The van der Waals surface area contributed by atoms with Crippen molar-refractivity contribution in [1.29, 1.82) is 0 Å². The van der Waals surface area contributed by atoms with Crippen LogP contribution in [0.15, 0.2) is 42.9 Å². The molecule has 0 aromatic carbocycles. The zero-order valence-corrected chi connectivity index (χ0v) is 29.5. The molecule has 0 N–H and O–H groups in total. The van der Waals surface area contributed by atoms with Gasteiger partial charge in [-0.05, 0) is 51.0 Å². The molecule has 6 nitrogen and oxygen atoms in total. The van der Waals surface area contributed by atoms with Gasteiger partial charge in [-0.2, -0.15) is 0 Å². The van der Waals surface area contributed by atoms with E-state index in [1.54, 1.807) is 22.0 Å². The first-order valence-corrected chi connectivity index (χ1v) is 18.4. The van der Waals surface area contributed by atoms with Crippen molar-refractivity contribution in [3.63, 3.8) is 0 Å². The van der Waals surface area contributed by atoms with Crippen molar-refractivity contribution in [2.75, 3.05) is 0 Å². The van der Waals surface area contributed by atoms with Crippen LogP contribution in [-0.4, -0.2) is 42.3 Å². The number of carbonyl (C=O) groups excluding carboxylic acids is 2. The summed E-state index contributed by atoms with van der Waals surface area (Å²) in [6, 6.07) is 7.41. The number of nitrogens with zero attached hydrogens (tertiary/aromatic N) is 2. The first-order chi connectivity index (χ1) is 21.2. The Balaban J connectivity index is 1.35. The second kappa shape index (κ2) is 17.0. The van der Waals surface area contributed by atoms with Crippen LogP contribution in [-0.2, 0) is 9.59 Å². The summed E-state index contributed by atoms with van der Waals surface area (Å²) < 4.78 is 13.2. The van der Waals surface area contributed by atoms with Gasteiger partial charge in [0.2, 0.25) is 0 Å². The van der Waals surface area contributed by atoms with Gasteiger partial charge in [-0.1, -0.05) is 126 Å². The van der Waals surface area contributed by atoms with Crippen LogP contribution >= 0.6 is 48.0 Å². The van der Waals surface area contributed by atoms with E-state index in [4.69, 9.17) is 33.3 Å². The highest BCUT2D eigenvalue weighted by molar-refractivity contribution is 8.27. The number of hydrogen-bond donors (Lipinski definition) is 0. The van der Waals surface area contributed by atoms with Gasteiger partial charge in [0.15, 0.2) is 11.5 Å². The van der Waals surface area contributed by atoms with Crippen molar-refractivity contribution >= 4 is 80.6 Å². The predicted octanol–water partition coefficient (Wildman–Crippen LogP) is 10.4. The van der Waals surface area contributed by atoms with Gasteiger partial charge in [-0.3, -0.25) is 19.4 Å². The molecule has 2 amide bonds. The van der Waals surface area contributed by atoms with Gasteiger partial charge in [0.25, 0.3) is 11.8 Å². The third-order valence-corrected chi connectivity index (χ3v) is 10.7. The van der Waals surface area contributed by atoms with E-state index in [9.17, 15) is 9.59 Å². The van der Waals surface area contributed by atoms with Crippen LogP contribution < -0.4 is 0 Å². The number of unbranched alkanes of at least 4 members (excludes halogenated alkanes) is 8. The van der Waals surface area contributed by atoms with E-state index in [1.807, 2.05) is 24.3 Å². The highest BCUT2D eigenvalue weighted by Crippen LogP contribution is 2.37. The minimum Gasteiger partial charge on any atom is -0.453 e. The summed E-state index contributed by atoms with van der Waals surface area (Å²) >= 11 is 13.8. The quantitative estimate of drug-likeness (QED) is 0.0934. The molecule has 2 aliphatic heterocycles. The van der Waals surface area contributed by atoms with Crippen molar-refractivity contribution in [2.24, 2.45) is 0 Å². The number of rotatable bonds is 17. The van der Waals surface area contributed by atoms with E-state index >= 15 is 0 Å². The topological polar surface area (TPSA) is 66.9 Å². The number of amides is 2. The minimum absolute atomic E-state index is 0.0672. The SMILES string of the molecule is CCCCCCCC(C)N1C(=O)/C(=C/c2ccc(-c3ccc(/C=C4\SC(=S)N(C(C)CCCCCCC)C4=O)o3)o2)SC1=S. The fraction of sp³-hybridized carbons (Fsp3) is 0.529. The highest BCUT2D eigenvalue weighted by atomic mass is 32.2. The van der Waals surface area contributed by atoms with Crippen LogP contribution in [0.5, 0.6) is 0 Å². The second-order valence-corrected chi connectivity index (χ2v) is 15.0. The Morgan fingerprint density at radius 1 is 0.659 bits per heavy atom. The van der Waals surface area contributed by atoms with Gasteiger partial charge >= 0.3 is 0 Å². The maximum atomic E-state index is 13.2. The average Bonchev–Trinajstić information content (AvgIpc) is 3.76. The smallest absolute Gasteiger partial charge is 0.266 e. The first kappa shape index (κ1) is 34.7. The molecule has 4 heterocycles. The molecule has 0 radical (unpaired) electrons. The van der Waals surface area contributed by atoms with Crippen molar-refractivity contribution in [1.82, 2.24) is 9.80 Å². The summed E-state index contributed by atoms with van der Waals surface area (Å²) in [4.78, 5) is 31.0. The fourth-order valence-corrected chi connectivity index (χ4v) is 8.33. The fourth-order valence-electron chi connectivity index (χ4n) is 5.45. The zero-order valence-electron chi connectivity index (χ0n) is 26.3. The molecule has 2 aliphatic rings. The van der Waals surface area contributed by atoms with Crippen molar-refractivity contribution in [3.05, 3.63) is 45.6 Å². The largest absolute Gasteiger partial charge is 0.453 e. The lowest BCUT2D eigenvalue weighted by Crippen LogP contribution is -2.36. The standard InChI is InChI=1S/C34H44N2O4S4/c1-5-7-9-11-13-15-23(3)35-31(37)29(43-33(35)41)21-25-17-19-27(39-25)28-20-18-26(40-28)22-30-32(38)36(34(42)44-30)24(4)16-14-12-10-8-6-2/h17-24H,5-16H2,1-4H3/b29-21-,30-22-. The van der Waals surface area contributed by atoms with Crippen molar-refractivity contribution in [3.8, 4) is 11.5 Å². The number of carbonyl (C=O) groups is 2. The van der Waals surface area contributed by atoms with Crippen LogP contribution in [0.2, 0.25) is 0 Å². The zero-order chi connectivity index (χ0) is 31.6. The summed E-state index contributed by atoms with van der Waals surface area (Å²) in [6.45, 7) is 8.56. The number of hydrogen-bond acceptors (Lipinski definition) is 8. The van der Waals surface area contributed by atoms with E-state index in [0.717, 1.165) is 25.7 Å². The Bertz CT molecular complexity index is 1290. The van der Waals surface area contributed by atoms with E-state index in [-0.39, 0.29) is 23.9 Å². The van der Waals surface area contributed by atoms with Crippen LogP contribution in [0.4, 0.5) is 0 Å². The number of furan rings is 2. The Labute approximate surface area is 281 Å². The monoisotopic (exact) mass is 672 g/mol. The lowest BCUT2D eigenvalue weighted by molar-refractivity contribution is -0.124. The summed E-state index contributed by atoms with van der Waals surface area (Å²) in [5.74, 6) is 2.04. The summed E-state index contributed by atoms with van der Waals surface area (Å²) in [7, 11) is 0. The van der Waals surface area contributed by atoms with Gasteiger partial charge in [0.1, 0.15) is 20.2 Å². The second-order valence-electron chi connectivity index (χ2n) is 11.6. The van der Waals surface area contributed by atoms with Crippen molar-refractivity contribution in [2.45, 2.75) is 117 Å². The lowest BCUT2D eigenvalue weighted by Gasteiger charge is -2.23. The predicted molar refractivity (Wildman–Crippen MR) is 192 cm³/mol. The molecule has 0 bridgehead atoms. The van der Waals surface area contributed by atoms with Gasteiger partial charge in [-0.15, -0.1) is 0 Å². The molecule has 2 aromatic rings. The molecule has 10 heteroatoms. The molecule has 44 heavy (non-hydrogen) atoms. The Morgan fingerprint density at radius 2 is 1.05 bits per heavy atom. The van der Waals surface area contributed by atoms with Crippen LogP contribution in [0.3, 0.4) is 0 Å². The van der Waals surface area contributed by atoms with Gasteiger partial charge in [0, 0.05) is 24.2 Å². The molecule has 2 saturated heterocycles. The maximum Gasteiger partial charge on any atom is 0.266 e. The maximum absolute atomic E-state index is 13.2. The third kappa shape index (κ3) is 8.98. The summed E-state index contributed by atoms with van der Waals surface area (Å²) in [5.41, 5.74) is 0. The minimum atomic E-state index is -0.0672. The number of thioether (sulfide) groups is 2. The van der Waals surface area contributed by atoms with Gasteiger partial charge in [-0.25, -0.2) is 0 Å². The average molecular weight is 673 g/mol. The summed E-state index contributed by atoms with van der Waals surface area (Å²) in [6.07, 6.45) is 17.3. The van der Waals surface area contributed by atoms with E-state index < -0.39 is 0 Å². The molecular formula is C34H44N2O4S4. The number of thiocarbonyl (C=S) groups is 2. The van der Waals surface area contributed by atoms with Crippen molar-refractivity contribution < 1.29 is 18.4 Å². The normalized spacial score (nSPS) is 18.9. The van der Waals surface area contributed by atoms with Crippen LogP contribution in [0.25, 0.3) is 23.7 Å². The molecule has 4 rings (SSSR count). The molecule has 238 valence electrons. The highest BCUT2D eigenvalue weighted by Gasteiger charge is 2.36. The Kier molecular flexibility index (Phi) is 13.4. The lowest BCUT2D eigenvalue weighted by atomic mass is 10.1. The van der Waals surface area contributed by atoms with Gasteiger partial charge < -0.3 is 8.83 Å². The Hall–Kier alpha value is -2.14. The third-order valence-electron chi connectivity index (χ3n) is 8.02.